The lowest BCUT2D eigenvalue weighted by Gasteiger charge is -2.70. The average molecular weight is 419 g/mol. The van der Waals surface area contributed by atoms with Crippen molar-refractivity contribution in [2.45, 2.75) is 50.6 Å². The van der Waals surface area contributed by atoms with Gasteiger partial charge < -0.3 is 10.0 Å². The topological polar surface area (TPSA) is 77.9 Å². The molecule has 1 aromatic carbocycles. The number of hydrogen-bond acceptors (Lipinski definition) is 4. The number of aliphatic hydroxyl groups excluding tert-OH is 1. The van der Waals surface area contributed by atoms with E-state index in [1.807, 2.05) is 48.2 Å². The van der Waals surface area contributed by atoms with Gasteiger partial charge in [-0.1, -0.05) is 42.8 Å². The van der Waals surface area contributed by atoms with Gasteiger partial charge in [0.1, 0.15) is 0 Å². The number of aliphatic hydroxyl groups is 1. The summed E-state index contributed by atoms with van der Waals surface area (Å²) >= 11 is 0. The molecule has 1 aliphatic carbocycles. The van der Waals surface area contributed by atoms with E-state index in [0.717, 1.165) is 30.4 Å². The Morgan fingerprint density at radius 2 is 1.90 bits per heavy atom. The molecule has 2 atom stereocenters. The Kier molecular flexibility index (Phi) is 5.34. The van der Waals surface area contributed by atoms with Gasteiger partial charge in [-0.2, -0.15) is 4.31 Å². The first-order valence-corrected chi connectivity index (χ1v) is 12.1. The maximum Gasteiger partial charge on any atom is 0.226 e. The number of nitrogens with zero attached hydrogens (tertiary/aromatic N) is 2. The lowest BCUT2D eigenvalue weighted by Crippen LogP contribution is -2.86. The molecule has 1 amide bonds. The van der Waals surface area contributed by atoms with Crippen molar-refractivity contribution in [3.05, 3.63) is 41.5 Å². The van der Waals surface area contributed by atoms with E-state index in [4.69, 9.17) is 0 Å². The summed E-state index contributed by atoms with van der Waals surface area (Å²) in [5.41, 5.74) is 1.62. The Balaban J connectivity index is 1.66. The maximum absolute atomic E-state index is 13.2. The first-order chi connectivity index (χ1) is 13.9. The number of carbonyl (C=O) groups excluding carboxylic acids is 1. The summed E-state index contributed by atoms with van der Waals surface area (Å²) in [6.45, 7) is 4.14. The van der Waals surface area contributed by atoms with Crippen molar-refractivity contribution >= 4 is 22.0 Å². The number of sulfonamides is 1. The molecule has 2 aliphatic heterocycles. The van der Waals surface area contributed by atoms with Crippen molar-refractivity contribution in [1.29, 1.82) is 0 Å². The standard InChI is InChI=1S/C22H30N2O4S/c1-3-6-16-9-11-17(12-10-16)20-19(13-25)24(21(26)18-7-5-8-18)22(20)14-23(15-22)29(27,28)4-2/h3,6,9-12,18-20,25H,4-5,7-8,13-15H2,1-2H3/b6-3+/t19-,20-/m1/s1. The van der Waals surface area contributed by atoms with E-state index in [9.17, 15) is 18.3 Å². The van der Waals surface area contributed by atoms with Crippen molar-refractivity contribution in [2.24, 2.45) is 5.92 Å². The van der Waals surface area contributed by atoms with E-state index in [0.29, 0.717) is 13.1 Å². The minimum atomic E-state index is -3.29. The summed E-state index contributed by atoms with van der Waals surface area (Å²) < 4.78 is 26.2. The summed E-state index contributed by atoms with van der Waals surface area (Å²) in [5, 5.41) is 10.1. The summed E-state index contributed by atoms with van der Waals surface area (Å²) in [5.74, 6) is 0.118. The average Bonchev–Trinajstić information content (AvgIpc) is 2.60. The first-order valence-electron chi connectivity index (χ1n) is 10.5. The van der Waals surface area contributed by atoms with Crippen molar-refractivity contribution in [3.63, 3.8) is 0 Å². The van der Waals surface area contributed by atoms with Crippen molar-refractivity contribution in [1.82, 2.24) is 9.21 Å². The molecule has 3 aliphatic rings. The normalized spacial score (nSPS) is 26.9. The van der Waals surface area contributed by atoms with Gasteiger partial charge in [0.15, 0.2) is 0 Å². The van der Waals surface area contributed by atoms with Crippen LogP contribution in [-0.2, 0) is 14.8 Å². The van der Waals surface area contributed by atoms with Crippen LogP contribution in [0.25, 0.3) is 6.08 Å². The third kappa shape index (κ3) is 3.14. The number of benzene rings is 1. The van der Waals surface area contributed by atoms with Gasteiger partial charge in [0.25, 0.3) is 0 Å². The van der Waals surface area contributed by atoms with Crippen LogP contribution in [0, 0.1) is 5.92 Å². The third-order valence-electron chi connectivity index (χ3n) is 6.97. The van der Waals surface area contributed by atoms with Gasteiger partial charge in [-0.3, -0.25) is 4.79 Å². The molecule has 0 unspecified atom stereocenters. The number of rotatable bonds is 6. The summed E-state index contributed by atoms with van der Waals surface area (Å²) in [4.78, 5) is 15.0. The van der Waals surface area contributed by atoms with Gasteiger partial charge in [-0.15, -0.1) is 0 Å². The van der Waals surface area contributed by atoms with Crippen molar-refractivity contribution in [2.75, 3.05) is 25.4 Å². The Morgan fingerprint density at radius 3 is 2.38 bits per heavy atom. The molecule has 1 saturated carbocycles. The van der Waals surface area contributed by atoms with Gasteiger partial charge in [-0.25, -0.2) is 8.42 Å². The number of likely N-dealkylation sites (tertiary alicyclic amines) is 1. The van der Waals surface area contributed by atoms with Gasteiger partial charge in [0.05, 0.1) is 23.9 Å². The van der Waals surface area contributed by atoms with E-state index in [-0.39, 0.29) is 36.1 Å². The predicted molar refractivity (Wildman–Crippen MR) is 113 cm³/mol. The molecule has 3 fully saturated rings. The Bertz CT molecular complexity index is 899. The molecule has 1 spiro atoms. The van der Waals surface area contributed by atoms with E-state index in [2.05, 4.69) is 0 Å². The van der Waals surface area contributed by atoms with Crippen molar-refractivity contribution in [3.8, 4) is 0 Å². The maximum atomic E-state index is 13.2. The molecule has 2 saturated heterocycles. The molecule has 6 nitrogen and oxygen atoms in total. The van der Waals surface area contributed by atoms with Crippen LogP contribution >= 0.6 is 0 Å². The summed E-state index contributed by atoms with van der Waals surface area (Å²) in [6.07, 6.45) is 6.85. The molecule has 7 heteroatoms. The smallest absolute Gasteiger partial charge is 0.226 e. The highest BCUT2D eigenvalue weighted by Crippen LogP contribution is 2.55. The van der Waals surface area contributed by atoms with Crippen LogP contribution < -0.4 is 0 Å². The van der Waals surface area contributed by atoms with Crippen LogP contribution in [0.1, 0.15) is 50.2 Å². The largest absolute Gasteiger partial charge is 0.394 e. The minimum Gasteiger partial charge on any atom is -0.394 e. The fraction of sp³-hybridized carbons (Fsp3) is 0.591. The molecule has 4 rings (SSSR count). The van der Waals surface area contributed by atoms with E-state index in [1.165, 1.54) is 4.31 Å². The quantitative estimate of drug-likeness (QED) is 0.768. The highest BCUT2D eigenvalue weighted by molar-refractivity contribution is 7.89. The zero-order chi connectivity index (χ0) is 20.8. The summed E-state index contributed by atoms with van der Waals surface area (Å²) in [7, 11) is -3.29. The van der Waals surface area contributed by atoms with Crippen LogP contribution in [0.2, 0.25) is 0 Å². The second kappa shape index (κ2) is 7.52. The van der Waals surface area contributed by atoms with E-state index < -0.39 is 15.6 Å². The van der Waals surface area contributed by atoms with Gasteiger partial charge in [0.2, 0.25) is 15.9 Å². The minimum absolute atomic E-state index is 0.0239. The molecule has 0 aromatic heterocycles. The molecular weight excluding hydrogens is 388 g/mol. The molecule has 2 heterocycles. The molecule has 1 aromatic rings. The Morgan fingerprint density at radius 1 is 1.24 bits per heavy atom. The second-order valence-electron chi connectivity index (χ2n) is 8.50. The van der Waals surface area contributed by atoms with Crippen molar-refractivity contribution < 1.29 is 18.3 Å². The zero-order valence-corrected chi connectivity index (χ0v) is 17.9. The number of allylic oxidation sites excluding steroid dienone is 1. The monoisotopic (exact) mass is 418 g/mol. The molecule has 0 radical (unpaired) electrons. The highest BCUT2D eigenvalue weighted by Gasteiger charge is 2.69. The van der Waals surface area contributed by atoms with Crippen LogP contribution in [-0.4, -0.2) is 65.7 Å². The van der Waals surface area contributed by atoms with Gasteiger partial charge >= 0.3 is 0 Å². The fourth-order valence-electron chi connectivity index (χ4n) is 5.16. The van der Waals surface area contributed by atoms with Crippen LogP contribution in [0.4, 0.5) is 0 Å². The van der Waals surface area contributed by atoms with Crippen LogP contribution in [0.3, 0.4) is 0 Å². The fourth-order valence-corrected chi connectivity index (χ4v) is 6.36. The molecule has 158 valence electrons. The molecular formula is C22H30N2O4S. The lowest BCUT2D eigenvalue weighted by molar-refractivity contribution is -0.195. The number of hydrogen-bond donors (Lipinski definition) is 1. The van der Waals surface area contributed by atoms with Gasteiger partial charge in [0, 0.05) is 24.9 Å². The molecule has 1 N–H and O–H groups in total. The van der Waals surface area contributed by atoms with E-state index in [1.54, 1.807) is 6.92 Å². The molecule has 29 heavy (non-hydrogen) atoms. The lowest BCUT2D eigenvalue weighted by atomic mass is 9.60. The number of carbonyl (C=O) groups is 1. The SMILES string of the molecule is C/C=C/c1ccc([C@@H]2[C@@H](CO)N(C(=O)C3CCC3)C23CN(S(=O)(=O)CC)C3)cc1. The number of amides is 1. The van der Waals surface area contributed by atoms with Crippen LogP contribution in [0.5, 0.6) is 0 Å². The second-order valence-corrected chi connectivity index (χ2v) is 10.8. The first kappa shape index (κ1) is 20.6. The van der Waals surface area contributed by atoms with E-state index >= 15 is 0 Å². The zero-order valence-electron chi connectivity index (χ0n) is 17.1. The predicted octanol–water partition coefficient (Wildman–Crippen LogP) is 2.21. The molecule has 0 bridgehead atoms. The highest BCUT2D eigenvalue weighted by atomic mass is 32.2. The third-order valence-corrected chi connectivity index (χ3v) is 8.74. The Hall–Kier alpha value is -1.70. The van der Waals surface area contributed by atoms with Gasteiger partial charge in [-0.05, 0) is 37.8 Å². The van der Waals surface area contributed by atoms with Crippen LogP contribution in [0.15, 0.2) is 30.3 Å². The summed E-state index contributed by atoms with van der Waals surface area (Å²) in [6, 6.07) is 7.88. The Labute approximate surface area is 173 Å².